The number of nitrogens with one attached hydrogen (secondary N) is 3. The van der Waals surface area contributed by atoms with Gasteiger partial charge in [0.2, 0.25) is 5.91 Å². The standard InChI is InChI=1S/C18H29ClN6O.HI/c1-5-21-17(23-12-18(2,3)16(26)20-4)24-13-8-10-25(11-13)15-14(19)7-6-9-22-15;/h6-7,9,13H,5,8,10-12H2,1-4H3,(H,20,26)(H2,21,23,24);1H. The summed E-state index contributed by atoms with van der Waals surface area (Å²) in [6.45, 7) is 8.66. The highest BCUT2D eigenvalue weighted by molar-refractivity contribution is 14.0. The molecule has 1 aromatic heterocycles. The summed E-state index contributed by atoms with van der Waals surface area (Å²) in [5, 5.41) is 10.1. The maximum absolute atomic E-state index is 11.9. The third-order valence-electron chi connectivity index (χ3n) is 4.39. The number of rotatable bonds is 6. The number of guanidine groups is 1. The lowest BCUT2D eigenvalue weighted by Gasteiger charge is -2.23. The first kappa shape index (κ1) is 23.7. The van der Waals surface area contributed by atoms with Crippen LogP contribution in [0, 0.1) is 5.41 Å². The first-order valence-electron chi connectivity index (χ1n) is 9.00. The predicted octanol–water partition coefficient (Wildman–Crippen LogP) is 2.26. The molecule has 0 bridgehead atoms. The Balaban J connectivity index is 0.00000364. The van der Waals surface area contributed by atoms with Crippen LogP contribution in [-0.4, -0.2) is 56.1 Å². The fraction of sp³-hybridized carbons (Fsp3) is 0.611. The third kappa shape index (κ3) is 6.67. The maximum atomic E-state index is 11.9. The van der Waals surface area contributed by atoms with Gasteiger partial charge in [0.25, 0.3) is 0 Å². The van der Waals surface area contributed by atoms with Crippen molar-refractivity contribution in [3.63, 3.8) is 0 Å². The zero-order valence-electron chi connectivity index (χ0n) is 16.4. The van der Waals surface area contributed by atoms with Crippen molar-refractivity contribution in [1.82, 2.24) is 20.9 Å². The topological polar surface area (TPSA) is 81.6 Å². The summed E-state index contributed by atoms with van der Waals surface area (Å²) in [6.07, 6.45) is 2.73. The molecule has 0 aromatic carbocycles. The van der Waals surface area contributed by atoms with Gasteiger partial charge in [-0.15, -0.1) is 24.0 Å². The van der Waals surface area contributed by atoms with Crippen molar-refractivity contribution in [1.29, 1.82) is 0 Å². The molecule has 0 saturated carbocycles. The van der Waals surface area contributed by atoms with Crippen molar-refractivity contribution < 1.29 is 4.79 Å². The monoisotopic (exact) mass is 508 g/mol. The number of anilines is 1. The number of hydrogen-bond donors (Lipinski definition) is 3. The largest absolute Gasteiger partial charge is 0.359 e. The van der Waals surface area contributed by atoms with Crippen LogP contribution < -0.4 is 20.9 Å². The number of aliphatic imine (C=N–C) groups is 1. The van der Waals surface area contributed by atoms with E-state index in [1.165, 1.54) is 0 Å². The molecule has 0 spiro atoms. The smallest absolute Gasteiger partial charge is 0.227 e. The highest BCUT2D eigenvalue weighted by Gasteiger charge is 2.28. The zero-order chi connectivity index (χ0) is 19.2. The van der Waals surface area contributed by atoms with E-state index >= 15 is 0 Å². The van der Waals surface area contributed by atoms with Crippen LogP contribution >= 0.6 is 35.6 Å². The van der Waals surface area contributed by atoms with E-state index in [4.69, 9.17) is 11.6 Å². The molecule has 2 heterocycles. The lowest BCUT2D eigenvalue weighted by molar-refractivity contribution is -0.128. The number of pyridine rings is 1. The van der Waals surface area contributed by atoms with Gasteiger partial charge >= 0.3 is 0 Å². The lowest BCUT2D eigenvalue weighted by atomic mass is 9.93. The minimum Gasteiger partial charge on any atom is -0.359 e. The summed E-state index contributed by atoms with van der Waals surface area (Å²) >= 11 is 6.25. The first-order chi connectivity index (χ1) is 12.4. The second-order valence-corrected chi connectivity index (χ2v) is 7.45. The van der Waals surface area contributed by atoms with Gasteiger partial charge in [0, 0.05) is 38.9 Å². The van der Waals surface area contributed by atoms with Crippen molar-refractivity contribution in [3.05, 3.63) is 23.4 Å². The molecule has 1 aliphatic heterocycles. The highest BCUT2D eigenvalue weighted by Crippen LogP contribution is 2.25. The van der Waals surface area contributed by atoms with Crippen LogP contribution in [0.3, 0.4) is 0 Å². The summed E-state index contributed by atoms with van der Waals surface area (Å²) in [6, 6.07) is 3.94. The van der Waals surface area contributed by atoms with Crippen LogP contribution in [0.1, 0.15) is 27.2 Å². The molecule has 1 amide bonds. The molecule has 1 unspecified atom stereocenters. The number of aromatic nitrogens is 1. The van der Waals surface area contributed by atoms with Gasteiger partial charge in [0.1, 0.15) is 5.82 Å². The minimum absolute atomic E-state index is 0. The molecular weight excluding hydrogens is 479 g/mol. The van der Waals surface area contributed by atoms with Crippen molar-refractivity contribution in [2.24, 2.45) is 10.4 Å². The molecule has 152 valence electrons. The van der Waals surface area contributed by atoms with Gasteiger partial charge in [0.05, 0.1) is 17.0 Å². The van der Waals surface area contributed by atoms with Crippen LogP contribution in [-0.2, 0) is 4.79 Å². The molecular formula is C18H30ClIN6O. The quantitative estimate of drug-likeness (QED) is 0.312. The average Bonchev–Trinajstić information content (AvgIpc) is 3.08. The zero-order valence-corrected chi connectivity index (χ0v) is 19.5. The number of hydrogen-bond acceptors (Lipinski definition) is 4. The Morgan fingerprint density at radius 2 is 2.22 bits per heavy atom. The second kappa shape index (κ2) is 10.9. The van der Waals surface area contributed by atoms with E-state index in [1.54, 1.807) is 13.2 Å². The van der Waals surface area contributed by atoms with Crippen molar-refractivity contribution in [3.8, 4) is 0 Å². The molecule has 0 radical (unpaired) electrons. The van der Waals surface area contributed by atoms with Gasteiger partial charge in [-0.25, -0.2) is 4.98 Å². The molecule has 3 N–H and O–H groups in total. The van der Waals surface area contributed by atoms with E-state index in [0.29, 0.717) is 11.6 Å². The second-order valence-electron chi connectivity index (χ2n) is 7.04. The SMILES string of the molecule is CCNC(=NCC(C)(C)C(=O)NC)NC1CCN(c2ncccc2Cl)C1.I. The van der Waals surface area contributed by atoms with Crippen molar-refractivity contribution >= 4 is 53.3 Å². The Morgan fingerprint density at radius 1 is 1.48 bits per heavy atom. The maximum Gasteiger partial charge on any atom is 0.227 e. The molecule has 9 heteroatoms. The van der Waals surface area contributed by atoms with Crippen molar-refractivity contribution in [2.45, 2.75) is 33.2 Å². The Bertz CT molecular complexity index is 654. The summed E-state index contributed by atoms with van der Waals surface area (Å²) in [5.41, 5.74) is -0.555. The van der Waals surface area contributed by atoms with Crippen LogP contribution in [0.4, 0.5) is 5.82 Å². The van der Waals surface area contributed by atoms with Gasteiger partial charge in [-0.3, -0.25) is 9.79 Å². The van der Waals surface area contributed by atoms with Crippen LogP contribution in [0.25, 0.3) is 0 Å². The normalized spacial score (nSPS) is 17.3. The van der Waals surface area contributed by atoms with Gasteiger partial charge in [-0.05, 0) is 39.3 Å². The summed E-state index contributed by atoms with van der Waals surface area (Å²) in [4.78, 5) is 23.1. The molecule has 1 atom stereocenters. The third-order valence-corrected chi connectivity index (χ3v) is 4.68. The van der Waals surface area contributed by atoms with Crippen LogP contribution in [0.2, 0.25) is 5.02 Å². The molecule has 1 saturated heterocycles. The highest BCUT2D eigenvalue weighted by atomic mass is 127. The number of carbonyl (C=O) groups excluding carboxylic acids is 1. The number of nitrogens with zero attached hydrogens (tertiary/aromatic N) is 3. The lowest BCUT2D eigenvalue weighted by Crippen LogP contribution is -2.45. The van der Waals surface area contributed by atoms with E-state index < -0.39 is 5.41 Å². The molecule has 2 rings (SSSR count). The number of carbonyl (C=O) groups is 1. The van der Waals surface area contributed by atoms with E-state index in [9.17, 15) is 4.79 Å². The number of halogens is 2. The summed E-state index contributed by atoms with van der Waals surface area (Å²) in [7, 11) is 1.65. The summed E-state index contributed by atoms with van der Waals surface area (Å²) < 4.78 is 0. The number of amides is 1. The van der Waals surface area contributed by atoms with E-state index in [0.717, 1.165) is 37.8 Å². The van der Waals surface area contributed by atoms with Gasteiger partial charge in [0.15, 0.2) is 5.96 Å². The van der Waals surface area contributed by atoms with E-state index in [-0.39, 0.29) is 35.9 Å². The Kier molecular flexibility index (Phi) is 9.58. The molecule has 0 aliphatic carbocycles. The Hall–Kier alpha value is -1.29. The van der Waals surface area contributed by atoms with Crippen LogP contribution in [0.15, 0.2) is 23.3 Å². The fourth-order valence-corrected chi connectivity index (χ4v) is 3.12. The molecule has 7 nitrogen and oxygen atoms in total. The Morgan fingerprint density at radius 3 is 2.85 bits per heavy atom. The predicted molar refractivity (Wildman–Crippen MR) is 122 cm³/mol. The average molecular weight is 509 g/mol. The molecule has 1 aromatic rings. The molecule has 1 aliphatic rings. The minimum atomic E-state index is -0.555. The molecule has 1 fully saturated rings. The van der Waals surface area contributed by atoms with Crippen molar-refractivity contribution in [2.75, 3.05) is 38.1 Å². The van der Waals surface area contributed by atoms with E-state index in [2.05, 4.69) is 30.8 Å². The van der Waals surface area contributed by atoms with Gasteiger partial charge < -0.3 is 20.9 Å². The van der Waals surface area contributed by atoms with E-state index in [1.807, 2.05) is 32.9 Å². The molecule has 27 heavy (non-hydrogen) atoms. The van der Waals surface area contributed by atoms with Crippen LogP contribution in [0.5, 0.6) is 0 Å². The summed E-state index contributed by atoms with van der Waals surface area (Å²) in [5.74, 6) is 1.53. The van der Waals surface area contributed by atoms with Gasteiger partial charge in [-0.2, -0.15) is 0 Å². The fourth-order valence-electron chi connectivity index (χ4n) is 2.88. The Labute approximate surface area is 183 Å². The first-order valence-corrected chi connectivity index (χ1v) is 9.37. The van der Waals surface area contributed by atoms with Gasteiger partial charge in [-0.1, -0.05) is 11.6 Å².